The lowest BCUT2D eigenvalue weighted by atomic mass is 9.92. The summed E-state index contributed by atoms with van der Waals surface area (Å²) < 4.78 is 40.4. The van der Waals surface area contributed by atoms with Crippen LogP contribution in [0.3, 0.4) is 0 Å². The van der Waals surface area contributed by atoms with Crippen molar-refractivity contribution in [3.05, 3.63) is 29.6 Å². The number of hydrogen-bond acceptors (Lipinski definition) is 4. The average molecular weight is 311 g/mol. The summed E-state index contributed by atoms with van der Waals surface area (Å²) >= 11 is 0. The van der Waals surface area contributed by atoms with Crippen LogP contribution in [-0.2, 0) is 10.0 Å². The van der Waals surface area contributed by atoms with Gasteiger partial charge < -0.3 is 5.32 Å². The van der Waals surface area contributed by atoms with Gasteiger partial charge in [-0.15, -0.1) is 0 Å². The van der Waals surface area contributed by atoms with Gasteiger partial charge in [0.05, 0.1) is 10.5 Å². The molecular weight excluding hydrogens is 293 g/mol. The first-order valence-electron chi connectivity index (χ1n) is 6.85. The lowest BCUT2D eigenvalue weighted by Gasteiger charge is -2.28. The van der Waals surface area contributed by atoms with E-state index in [9.17, 15) is 12.8 Å². The molecule has 1 fully saturated rings. The van der Waals surface area contributed by atoms with E-state index < -0.39 is 15.8 Å². The molecule has 0 aromatic heterocycles. The number of nitrogens with one attached hydrogen (secondary N) is 2. The molecule has 0 amide bonds. The Morgan fingerprint density at radius 2 is 1.86 bits per heavy atom. The molecule has 114 valence electrons. The molecule has 0 radical (unpaired) electrons. The Balaban J connectivity index is 2.11. The molecule has 2 N–H and O–H groups in total. The smallest absolute Gasteiger partial charge is 0.240 e. The van der Waals surface area contributed by atoms with Crippen LogP contribution in [0.2, 0.25) is 0 Å². The van der Waals surface area contributed by atoms with Gasteiger partial charge in [0.1, 0.15) is 11.9 Å². The normalized spacial score (nSPS) is 22.7. The zero-order chi connectivity index (χ0) is 15.5. The van der Waals surface area contributed by atoms with Gasteiger partial charge in [0.15, 0.2) is 0 Å². The standard InChI is InChI=1S/C14H18FN3O2S/c1-17-11-2-4-12(5-3-11)18-21(19,20)13-6-7-14(15)10(8-13)9-16/h6-8,11-12,17-18H,2-5H2,1H3. The van der Waals surface area contributed by atoms with Crippen LogP contribution >= 0.6 is 0 Å². The Morgan fingerprint density at radius 1 is 1.24 bits per heavy atom. The number of sulfonamides is 1. The molecule has 1 aromatic carbocycles. The topological polar surface area (TPSA) is 82.0 Å². The number of hydrogen-bond donors (Lipinski definition) is 2. The van der Waals surface area contributed by atoms with Crippen molar-refractivity contribution in [2.75, 3.05) is 7.05 Å². The van der Waals surface area contributed by atoms with E-state index in [-0.39, 0.29) is 16.5 Å². The molecule has 1 aliphatic carbocycles. The molecule has 0 heterocycles. The zero-order valence-electron chi connectivity index (χ0n) is 11.8. The van der Waals surface area contributed by atoms with E-state index in [1.165, 1.54) is 6.07 Å². The second-order valence-corrected chi connectivity index (χ2v) is 6.93. The predicted octanol–water partition coefficient (Wildman–Crippen LogP) is 1.51. The molecule has 2 rings (SSSR count). The van der Waals surface area contributed by atoms with Gasteiger partial charge in [-0.2, -0.15) is 5.26 Å². The van der Waals surface area contributed by atoms with Crippen LogP contribution in [0.1, 0.15) is 31.2 Å². The van der Waals surface area contributed by atoms with Gasteiger partial charge in [-0.25, -0.2) is 17.5 Å². The average Bonchev–Trinajstić information content (AvgIpc) is 2.48. The molecule has 21 heavy (non-hydrogen) atoms. The van der Waals surface area contributed by atoms with Gasteiger partial charge in [0, 0.05) is 12.1 Å². The fourth-order valence-electron chi connectivity index (χ4n) is 2.54. The molecule has 5 nitrogen and oxygen atoms in total. The number of benzene rings is 1. The Morgan fingerprint density at radius 3 is 2.43 bits per heavy atom. The van der Waals surface area contributed by atoms with Crippen molar-refractivity contribution in [3.8, 4) is 6.07 Å². The first-order valence-corrected chi connectivity index (χ1v) is 8.34. The highest BCUT2D eigenvalue weighted by molar-refractivity contribution is 7.89. The minimum Gasteiger partial charge on any atom is -0.317 e. The predicted molar refractivity (Wildman–Crippen MR) is 76.5 cm³/mol. The third kappa shape index (κ3) is 3.79. The minimum atomic E-state index is -3.72. The van der Waals surface area contributed by atoms with E-state index in [4.69, 9.17) is 5.26 Å². The molecule has 0 saturated heterocycles. The number of rotatable bonds is 4. The van der Waals surface area contributed by atoms with Crippen molar-refractivity contribution in [1.29, 1.82) is 5.26 Å². The van der Waals surface area contributed by atoms with E-state index in [0.29, 0.717) is 6.04 Å². The first-order chi connectivity index (χ1) is 9.96. The summed E-state index contributed by atoms with van der Waals surface area (Å²) in [6, 6.07) is 5.22. The van der Waals surface area contributed by atoms with Crippen LogP contribution in [-0.4, -0.2) is 27.5 Å². The second kappa shape index (κ2) is 6.52. The Hall–Kier alpha value is -1.49. The molecule has 0 unspecified atom stereocenters. The van der Waals surface area contributed by atoms with Crippen molar-refractivity contribution >= 4 is 10.0 Å². The van der Waals surface area contributed by atoms with Gasteiger partial charge in [-0.05, 0) is 50.9 Å². The van der Waals surface area contributed by atoms with Crippen LogP contribution in [0.25, 0.3) is 0 Å². The number of nitrogens with zero attached hydrogens (tertiary/aromatic N) is 1. The van der Waals surface area contributed by atoms with Crippen molar-refractivity contribution in [2.24, 2.45) is 0 Å². The Bertz CT molecular complexity index is 647. The van der Waals surface area contributed by atoms with Gasteiger partial charge in [0.2, 0.25) is 10.0 Å². The van der Waals surface area contributed by atoms with Crippen molar-refractivity contribution in [3.63, 3.8) is 0 Å². The van der Waals surface area contributed by atoms with Crippen molar-refractivity contribution < 1.29 is 12.8 Å². The zero-order valence-corrected chi connectivity index (χ0v) is 12.6. The maximum absolute atomic E-state index is 13.3. The highest BCUT2D eigenvalue weighted by Gasteiger charge is 2.25. The third-order valence-corrected chi connectivity index (χ3v) is 5.34. The summed E-state index contributed by atoms with van der Waals surface area (Å²) in [6.45, 7) is 0. The van der Waals surface area contributed by atoms with Crippen LogP contribution in [0.5, 0.6) is 0 Å². The summed E-state index contributed by atoms with van der Waals surface area (Å²) in [4.78, 5) is -0.0730. The van der Waals surface area contributed by atoms with Gasteiger partial charge in [-0.3, -0.25) is 0 Å². The van der Waals surface area contributed by atoms with Crippen LogP contribution < -0.4 is 10.0 Å². The Kier molecular flexibility index (Phi) is 4.93. The molecule has 1 saturated carbocycles. The minimum absolute atomic E-state index is 0.0730. The largest absolute Gasteiger partial charge is 0.317 e. The summed E-state index contributed by atoms with van der Waals surface area (Å²) in [7, 11) is -1.82. The summed E-state index contributed by atoms with van der Waals surface area (Å²) in [6.07, 6.45) is 3.35. The molecule has 1 aromatic rings. The SMILES string of the molecule is CNC1CCC(NS(=O)(=O)c2ccc(F)c(C#N)c2)CC1. The van der Waals surface area contributed by atoms with E-state index in [1.54, 1.807) is 6.07 Å². The summed E-state index contributed by atoms with van der Waals surface area (Å²) in [5, 5.41) is 12.0. The summed E-state index contributed by atoms with van der Waals surface area (Å²) in [5.74, 6) is -0.717. The second-order valence-electron chi connectivity index (χ2n) is 5.21. The highest BCUT2D eigenvalue weighted by Crippen LogP contribution is 2.21. The molecule has 1 aliphatic rings. The molecule has 7 heteroatoms. The first kappa shape index (κ1) is 15.9. The van der Waals surface area contributed by atoms with Gasteiger partial charge in [0.25, 0.3) is 0 Å². The van der Waals surface area contributed by atoms with Crippen LogP contribution in [0.4, 0.5) is 4.39 Å². The van der Waals surface area contributed by atoms with E-state index in [0.717, 1.165) is 37.8 Å². The van der Waals surface area contributed by atoms with Crippen LogP contribution in [0, 0.1) is 17.1 Å². The van der Waals surface area contributed by atoms with E-state index >= 15 is 0 Å². The lowest BCUT2D eigenvalue weighted by Crippen LogP contribution is -2.41. The molecule has 0 atom stereocenters. The maximum atomic E-state index is 13.3. The number of nitriles is 1. The quantitative estimate of drug-likeness (QED) is 0.883. The summed E-state index contributed by atoms with van der Waals surface area (Å²) in [5.41, 5.74) is -0.267. The monoisotopic (exact) mass is 311 g/mol. The highest BCUT2D eigenvalue weighted by atomic mass is 32.2. The fourth-order valence-corrected chi connectivity index (χ4v) is 3.88. The lowest BCUT2D eigenvalue weighted by molar-refractivity contribution is 0.343. The van der Waals surface area contributed by atoms with E-state index in [2.05, 4.69) is 10.0 Å². The molecule has 0 bridgehead atoms. The number of halogens is 1. The van der Waals surface area contributed by atoms with Gasteiger partial charge >= 0.3 is 0 Å². The molecular formula is C14H18FN3O2S. The van der Waals surface area contributed by atoms with Gasteiger partial charge in [-0.1, -0.05) is 0 Å². The molecule has 0 aliphatic heterocycles. The molecule has 0 spiro atoms. The third-order valence-electron chi connectivity index (χ3n) is 3.83. The Labute approximate surface area is 124 Å². The van der Waals surface area contributed by atoms with Crippen LogP contribution in [0.15, 0.2) is 23.1 Å². The fraction of sp³-hybridized carbons (Fsp3) is 0.500. The van der Waals surface area contributed by atoms with E-state index in [1.807, 2.05) is 7.05 Å². The van der Waals surface area contributed by atoms with Crippen molar-refractivity contribution in [2.45, 2.75) is 42.7 Å². The van der Waals surface area contributed by atoms with Crippen molar-refractivity contribution in [1.82, 2.24) is 10.0 Å². The maximum Gasteiger partial charge on any atom is 0.240 e.